The third-order valence-corrected chi connectivity index (χ3v) is 4.71. The molecule has 24 heavy (non-hydrogen) atoms. The van der Waals surface area contributed by atoms with Gasteiger partial charge in [0.05, 0.1) is 31.7 Å². The van der Waals surface area contributed by atoms with Crippen molar-refractivity contribution in [2.45, 2.75) is 31.4 Å². The van der Waals surface area contributed by atoms with Crippen LogP contribution in [0, 0.1) is 5.92 Å². The van der Waals surface area contributed by atoms with E-state index < -0.39 is 10.0 Å². The number of pyridine rings is 1. The largest absolute Gasteiger partial charge is 0.495 e. The van der Waals surface area contributed by atoms with E-state index in [4.69, 9.17) is 4.74 Å². The second kappa shape index (κ2) is 7.91. The van der Waals surface area contributed by atoms with Gasteiger partial charge in [0.25, 0.3) is 0 Å². The summed E-state index contributed by atoms with van der Waals surface area (Å²) < 4.78 is 29.5. The van der Waals surface area contributed by atoms with Crippen LogP contribution in [-0.4, -0.2) is 50.4 Å². The average Bonchev–Trinajstić information content (AvgIpc) is 2.48. The molecule has 2 rings (SSSR count). The first-order valence-corrected chi connectivity index (χ1v) is 9.58. The summed E-state index contributed by atoms with van der Waals surface area (Å²) in [5.74, 6) is 0.437. The Kier molecular flexibility index (Phi) is 6.14. The molecule has 1 atom stereocenters. The molecule has 0 bridgehead atoms. The van der Waals surface area contributed by atoms with Crippen molar-refractivity contribution in [3.8, 4) is 5.75 Å². The molecule has 1 aromatic heterocycles. The van der Waals surface area contributed by atoms with Gasteiger partial charge in [0, 0.05) is 19.2 Å². The fraction of sp³-hybridized carbons (Fsp3) is 0.600. The number of hydrogen-bond acceptors (Lipinski definition) is 6. The average molecular weight is 357 g/mol. The maximum absolute atomic E-state index is 12.1. The molecular weight excluding hydrogens is 334 g/mol. The minimum absolute atomic E-state index is 0.0379. The van der Waals surface area contributed by atoms with Gasteiger partial charge in [0.15, 0.2) is 0 Å². The summed E-state index contributed by atoms with van der Waals surface area (Å²) >= 11 is 0. The molecule has 0 radical (unpaired) electrons. The Balaban J connectivity index is 2.02. The number of carbonyl (C=O) groups excluding carboxylic acids is 1. The minimum Gasteiger partial charge on any atom is -0.495 e. The van der Waals surface area contributed by atoms with Crippen molar-refractivity contribution in [3.63, 3.8) is 0 Å². The van der Waals surface area contributed by atoms with Gasteiger partial charge in [-0.25, -0.2) is 13.1 Å². The van der Waals surface area contributed by atoms with Crippen molar-refractivity contribution < 1.29 is 23.1 Å². The van der Waals surface area contributed by atoms with Crippen LogP contribution < -0.4 is 14.8 Å². The van der Waals surface area contributed by atoms with E-state index >= 15 is 0 Å². The zero-order chi connectivity index (χ0) is 17.7. The first-order chi connectivity index (χ1) is 11.3. The fourth-order valence-corrected chi connectivity index (χ4v) is 3.16. The number of ether oxygens (including phenoxy) is 1. The number of nitrogens with one attached hydrogen (secondary N) is 2. The first-order valence-electron chi connectivity index (χ1n) is 7.69. The van der Waals surface area contributed by atoms with Gasteiger partial charge in [0.1, 0.15) is 5.75 Å². The van der Waals surface area contributed by atoms with Crippen molar-refractivity contribution >= 4 is 15.9 Å². The Morgan fingerprint density at radius 3 is 2.75 bits per heavy atom. The molecule has 1 aliphatic rings. The van der Waals surface area contributed by atoms with Crippen LogP contribution in [0.15, 0.2) is 18.5 Å². The molecule has 1 aromatic rings. The van der Waals surface area contributed by atoms with E-state index in [1.807, 2.05) is 0 Å². The molecule has 1 fully saturated rings. The molecule has 9 heteroatoms. The Morgan fingerprint density at radius 2 is 2.17 bits per heavy atom. The van der Waals surface area contributed by atoms with E-state index in [2.05, 4.69) is 15.0 Å². The molecule has 0 spiro atoms. The molecule has 134 valence electrons. The highest BCUT2D eigenvalue weighted by Gasteiger charge is 2.35. The molecule has 0 saturated heterocycles. The maximum atomic E-state index is 12.1. The number of aliphatic hydroxyl groups is 1. The van der Waals surface area contributed by atoms with Crippen LogP contribution in [0.5, 0.6) is 5.75 Å². The summed E-state index contributed by atoms with van der Waals surface area (Å²) in [6, 6.07) is 1.51. The van der Waals surface area contributed by atoms with Crippen LogP contribution in [0.1, 0.15) is 30.9 Å². The minimum atomic E-state index is -3.32. The van der Waals surface area contributed by atoms with Crippen molar-refractivity contribution in [1.29, 1.82) is 0 Å². The summed E-state index contributed by atoms with van der Waals surface area (Å²) in [5.41, 5.74) is 0.802. The summed E-state index contributed by atoms with van der Waals surface area (Å²) in [5, 5.41) is 12.5. The Labute approximate surface area is 141 Å². The molecule has 1 saturated carbocycles. The van der Waals surface area contributed by atoms with E-state index in [1.54, 1.807) is 25.6 Å². The van der Waals surface area contributed by atoms with Crippen molar-refractivity contribution in [2.75, 3.05) is 19.9 Å². The highest BCUT2D eigenvalue weighted by atomic mass is 32.2. The molecule has 1 aliphatic carbocycles. The van der Waals surface area contributed by atoms with Crippen LogP contribution in [0.3, 0.4) is 0 Å². The number of amides is 1. The Morgan fingerprint density at radius 1 is 1.46 bits per heavy atom. The van der Waals surface area contributed by atoms with Gasteiger partial charge >= 0.3 is 0 Å². The number of hydrogen-bond donors (Lipinski definition) is 3. The number of methoxy groups -OCH3 is 1. The highest BCUT2D eigenvalue weighted by molar-refractivity contribution is 7.88. The van der Waals surface area contributed by atoms with Gasteiger partial charge in [0.2, 0.25) is 15.9 Å². The maximum Gasteiger partial charge on any atom is 0.221 e. The molecule has 1 amide bonds. The second-order valence-electron chi connectivity index (χ2n) is 6.01. The number of aromatic nitrogens is 1. The first kappa shape index (κ1) is 18.6. The van der Waals surface area contributed by atoms with Crippen LogP contribution in [0.2, 0.25) is 0 Å². The summed E-state index contributed by atoms with van der Waals surface area (Å²) in [6.07, 6.45) is 5.18. The lowest BCUT2D eigenvalue weighted by atomic mass is 9.75. The van der Waals surface area contributed by atoms with Crippen molar-refractivity contribution in [1.82, 2.24) is 15.0 Å². The standard InChI is InChI=1S/C15H23N3O5S/c1-23-13-7-11(8-16-9-13)15(10-5-12(19)6-10)18-14(20)3-4-17-24(2,21)22/h7-10,12,15,17,19H,3-6H2,1-2H3,(H,18,20)/t10?,12?,15-/m0/s1. The molecular formula is C15H23N3O5S. The lowest BCUT2D eigenvalue weighted by Crippen LogP contribution is -2.42. The van der Waals surface area contributed by atoms with Gasteiger partial charge in [-0.15, -0.1) is 0 Å². The molecule has 8 nitrogen and oxygen atoms in total. The van der Waals surface area contributed by atoms with Gasteiger partial charge < -0.3 is 15.2 Å². The zero-order valence-electron chi connectivity index (χ0n) is 13.7. The third kappa shape index (κ3) is 5.43. The third-order valence-electron chi connectivity index (χ3n) is 3.98. The molecule has 0 unspecified atom stereocenters. The van der Waals surface area contributed by atoms with E-state index in [9.17, 15) is 18.3 Å². The van der Waals surface area contributed by atoms with E-state index in [-0.39, 0.29) is 36.9 Å². The topological polar surface area (TPSA) is 118 Å². The van der Waals surface area contributed by atoms with Gasteiger partial charge in [-0.05, 0) is 30.4 Å². The number of carbonyl (C=O) groups is 1. The van der Waals surface area contributed by atoms with Crippen LogP contribution in [0.25, 0.3) is 0 Å². The van der Waals surface area contributed by atoms with Gasteiger partial charge in [-0.3, -0.25) is 9.78 Å². The van der Waals surface area contributed by atoms with Crippen LogP contribution in [-0.2, 0) is 14.8 Å². The number of sulfonamides is 1. The predicted molar refractivity (Wildman–Crippen MR) is 87.9 cm³/mol. The van der Waals surface area contributed by atoms with Crippen molar-refractivity contribution in [3.05, 3.63) is 24.0 Å². The smallest absolute Gasteiger partial charge is 0.221 e. The fourth-order valence-electron chi connectivity index (χ4n) is 2.69. The molecule has 1 heterocycles. The Bertz CT molecular complexity index is 673. The van der Waals surface area contributed by atoms with Gasteiger partial charge in [-0.2, -0.15) is 0 Å². The number of aliphatic hydroxyl groups excluding tert-OH is 1. The van der Waals surface area contributed by atoms with E-state index in [0.717, 1.165) is 11.8 Å². The monoisotopic (exact) mass is 357 g/mol. The predicted octanol–water partition coefficient (Wildman–Crippen LogP) is -0.0423. The zero-order valence-corrected chi connectivity index (χ0v) is 14.5. The number of rotatable bonds is 8. The summed E-state index contributed by atoms with van der Waals surface area (Å²) in [4.78, 5) is 16.2. The van der Waals surface area contributed by atoms with Crippen LogP contribution in [0.4, 0.5) is 0 Å². The van der Waals surface area contributed by atoms with Crippen LogP contribution >= 0.6 is 0 Å². The lowest BCUT2D eigenvalue weighted by Gasteiger charge is -2.38. The summed E-state index contributed by atoms with van der Waals surface area (Å²) in [6.45, 7) is 0.0427. The number of nitrogens with zero attached hydrogens (tertiary/aromatic N) is 1. The van der Waals surface area contributed by atoms with Gasteiger partial charge in [-0.1, -0.05) is 0 Å². The Hall–Kier alpha value is -1.71. The van der Waals surface area contributed by atoms with Crippen molar-refractivity contribution in [2.24, 2.45) is 5.92 Å². The quantitative estimate of drug-likeness (QED) is 0.601. The molecule has 0 aromatic carbocycles. The molecule has 3 N–H and O–H groups in total. The summed E-state index contributed by atoms with van der Waals surface area (Å²) in [7, 11) is -1.78. The highest BCUT2D eigenvalue weighted by Crippen LogP contribution is 2.38. The van der Waals surface area contributed by atoms with E-state index in [1.165, 1.54) is 0 Å². The lowest BCUT2D eigenvalue weighted by molar-refractivity contribution is -0.122. The normalized spacial score (nSPS) is 21.6. The van der Waals surface area contributed by atoms with E-state index in [0.29, 0.717) is 18.6 Å². The second-order valence-corrected chi connectivity index (χ2v) is 7.84. The SMILES string of the molecule is COc1cncc([C@@H](NC(=O)CCNS(C)(=O)=O)C2CC(O)C2)c1. The molecule has 0 aliphatic heterocycles.